The van der Waals surface area contributed by atoms with Crippen LogP contribution in [0.25, 0.3) is 11.3 Å². The molecular weight excluding hydrogens is 382 g/mol. The first-order valence-corrected chi connectivity index (χ1v) is 9.39. The molecule has 1 saturated heterocycles. The lowest BCUT2D eigenvalue weighted by Crippen LogP contribution is -2.50. The van der Waals surface area contributed by atoms with Crippen LogP contribution in [0, 0.1) is 0 Å². The highest BCUT2D eigenvalue weighted by molar-refractivity contribution is 7.14. The predicted octanol–water partition coefficient (Wildman–Crippen LogP) is 3.98. The lowest BCUT2D eigenvalue weighted by atomic mass is 10.2. The summed E-state index contributed by atoms with van der Waals surface area (Å²) in [6.07, 6.45) is 3.33. The van der Waals surface area contributed by atoms with Crippen LogP contribution in [0.5, 0.6) is 0 Å². The van der Waals surface area contributed by atoms with Crippen molar-refractivity contribution >= 4 is 40.6 Å². The maximum atomic E-state index is 12.4. The summed E-state index contributed by atoms with van der Waals surface area (Å²) < 4.78 is 0. The topological polar surface area (TPSA) is 61.4 Å². The zero-order chi connectivity index (χ0) is 17.8. The van der Waals surface area contributed by atoms with Crippen LogP contribution in [0.4, 0.5) is 15.6 Å². The summed E-state index contributed by atoms with van der Waals surface area (Å²) in [5.41, 5.74) is 2.85. The number of carbonyl (C=O) groups excluding carboxylic acids is 1. The number of thiazole rings is 1. The van der Waals surface area contributed by atoms with Crippen LogP contribution >= 0.6 is 23.7 Å². The summed E-state index contributed by atoms with van der Waals surface area (Å²) in [6, 6.07) is 13.7. The molecule has 0 radical (unpaired) electrons. The number of amides is 2. The van der Waals surface area contributed by atoms with Crippen molar-refractivity contribution in [1.29, 1.82) is 0 Å². The van der Waals surface area contributed by atoms with E-state index in [2.05, 4.69) is 32.7 Å². The molecule has 0 bridgehead atoms. The molecular formula is C19H20ClN5OS. The molecule has 3 aromatic rings. The number of piperazine rings is 1. The Bertz CT molecular complexity index is 866. The van der Waals surface area contributed by atoms with Crippen LogP contribution in [0.1, 0.15) is 0 Å². The van der Waals surface area contributed by atoms with E-state index >= 15 is 0 Å². The second kappa shape index (κ2) is 8.83. The van der Waals surface area contributed by atoms with Gasteiger partial charge in [-0.05, 0) is 12.1 Å². The third-order valence-corrected chi connectivity index (χ3v) is 5.21. The highest BCUT2D eigenvalue weighted by Crippen LogP contribution is 2.28. The Morgan fingerprint density at radius 1 is 1.04 bits per heavy atom. The molecule has 2 amide bonds. The van der Waals surface area contributed by atoms with Gasteiger partial charge in [0.05, 0.1) is 17.6 Å². The average Bonchev–Trinajstić information content (AvgIpc) is 3.20. The zero-order valence-electron chi connectivity index (χ0n) is 14.6. The largest absolute Gasteiger partial charge is 0.345 e. The second-order valence-electron chi connectivity index (χ2n) is 6.03. The van der Waals surface area contributed by atoms with Crippen molar-refractivity contribution in [2.75, 3.05) is 36.4 Å². The van der Waals surface area contributed by atoms with E-state index in [0.29, 0.717) is 18.8 Å². The molecule has 1 aliphatic rings. The Kier molecular flexibility index (Phi) is 6.26. The van der Waals surface area contributed by atoms with Gasteiger partial charge in [0.1, 0.15) is 0 Å². The SMILES string of the molecule is Cl.O=C(Nc1cccnc1)N1CCN(c2nc(-c3ccccc3)cs2)CC1. The standard InChI is InChI=1S/C19H19N5OS.ClH/c25-18(21-16-7-4-8-20-13-16)23-9-11-24(12-10-23)19-22-17(14-26-19)15-5-2-1-3-6-15;/h1-8,13-14H,9-12H2,(H,21,25);1H. The average molecular weight is 402 g/mol. The number of carbonyl (C=O) groups is 1. The second-order valence-corrected chi connectivity index (χ2v) is 6.86. The number of nitrogens with zero attached hydrogens (tertiary/aromatic N) is 4. The molecule has 6 nitrogen and oxygen atoms in total. The molecule has 1 aliphatic heterocycles. The maximum Gasteiger partial charge on any atom is 0.322 e. The van der Waals surface area contributed by atoms with Crippen molar-refractivity contribution in [2.24, 2.45) is 0 Å². The summed E-state index contributed by atoms with van der Waals surface area (Å²) in [7, 11) is 0. The third-order valence-electron chi connectivity index (χ3n) is 4.31. The van der Waals surface area contributed by atoms with Crippen LogP contribution < -0.4 is 10.2 Å². The number of urea groups is 1. The van der Waals surface area contributed by atoms with Gasteiger partial charge in [0.2, 0.25) is 0 Å². The third kappa shape index (κ3) is 4.56. The van der Waals surface area contributed by atoms with E-state index < -0.39 is 0 Å². The first-order valence-electron chi connectivity index (χ1n) is 8.51. The quantitative estimate of drug-likeness (QED) is 0.721. The van der Waals surface area contributed by atoms with Crippen molar-refractivity contribution in [3.63, 3.8) is 0 Å². The van der Waals surface area contributed by atoms with Gasteiger partial charge in [0, 0.05) is 43.3 Å². The predicted molar refractivity (Wildman–Crippen MR) is 112 cm³/mol. The Hall–Kier alpha value is -2.64. The molecule has 0 spiro atoms. The summed E-state index contributed by atoms with van der Waals surface area (Å²) >= 11 is 1.65. The summed E-state index contributed by atoms with van der Waals surface area (Å²) in [5, 5.41) is 5.98. The number of nitrogens with one attached hydrogen (secondary N) is 1. The molecule has 140 valence electrons. The smallest absolute Gasteiger partial charge is 0.322 e. The molecule has 0 saturated carbocycles. The highest BCUT2D eigenvalue weighted by atomic mass is 35.5. The van der Waals surface area contributed by atoms with Gasteiger partial charge in [-0.3, -0.25) is 4.98 Å². The van der Waals surface area contributed by atoms with Crippen molar-refractivity contribution < 1.29 is 4.79 Å². The monoisotopic (exact) mass is 401 g/mol. The number of hydrogen-bond acceptors (Lipinski definition) is 5. The molecule has 0 atom stereocenters. The van der Waals surface area contributed by atoms with Gasteiger partial charge >= 0.3 is 6.03 Å². The molecule has 1 N–H and O–H groups in total. The minimum absolute atomic E-state index is 0. The number of hydrogen-bond donors (Lipinski definition) is 1. The Morgan fingerprint density at radius 3 is 2.52 bits per heavy atom. The van der Waals surface area contributed by atoms with E-state index in [-0.39, 0.29) is 18.4 Å². The van der Waals surface area contributed by atoms with Gasteiger partial charge in [-0.25, -0.2) is 9.78 Å². The fourth-order valence-corrected chi connectivity index (χ4v) is 3.78. The number of anilines is 2. The normalized spacial score (nSPS) is 13.8. The van der Waals surface area contributed by atoms with E-state index in [0.717, 1.165) is 29.5 Å². The van der Waals surface area contributed by atoms with Crippen LogP contribution in [0.2, 0.25) is 0 Å². The lowest BCUT2D eigenvalue weighted by molar-refractivity contribution is 0.208. The molecule has 4 rings (SSSR count). The number of benzene rings is 1. The Labute approximate surface area is 168 Å². The minimum Gasteiger partial charge on any atom is -0.345 e. The summed E-state index contributed by atoms with van der Waals surface area (Å²) in [5.74, 6) is 0. The van der Waals surface area contributed by atoms with Crippen LogP contribution in [0.3, 0.4) is 0 Å². The van der Waals surface area contributed by atoms with Gasteiger partial charge in [-0.15, -0.1) is 23.7 Å². The first kappa shape index (κ1) is 19.1. The summed E-state index contributed by atoms with van der Waals surface area (Å²) in [4.78, 5) is 25.2. The van der Waals surface area contributed by atoms with Crippen molar-refractivity contribution in [3.8, 4) is 11.3 Å². The van der Waals surface area contributed by atoms with E-state index in [9.17, 15) is 4.79 Å². The molecule has 1 fully saturated rings. The van der Waals surface area contributed by atoms with E-state index in [1.165, 1.54) is 0 Å². The van der Waals surface area contributed by atoms with Gasteiger partial charge in [0.25, 0.3) is 0 Å². The molecule has 0 aliphatic carbocycles. The zero-order valence-corrected chi connectivity index (χ0v) is 16.2. The van der Waals surface area contributed by atoms with Gasteiger partial charge in [0.15, 0.2) is 5.13 Å². The van der Waals surface area contributed by atoms with Crippen LogP contribution in [0.15, 0.2) is 60.2 Å². The number of rotatable bonds is 3. The first-order chi connectivity index (χ1) is 12.8. The Morgan fingerprint density at radius 2 is 1.81 bits per heavy atom. The number of pyridine rings is 1. The van der Waals surface area contributed by atoms with Gasteiger partial charge in [-0.2, -0.15) is 0 Å². The molecule has 3 heterocycles. The van der Waals surface area contributed by atoms with Gasteiger partial charge < -0.3 is 15.1 Å². The molecule has 27 heavy (non-hydrogen) atoms. The molecule has 2 aromatic heterocycles. The van der Waals surface area contributed by atoms with Crippen molar-refractivity contribution in [1.82, 2.24) is 14.9 Å². The Balaban J connectivity index is 0.00000210. The summed E-state index contributed by atoms with van der Waals surface area (Å²) in [6.45, 7) is 2.91. The van der Waals surface area contributed by atoms with Gasteiger partial charge in [-0.1, -0.05) is 30.3 Å². The van der Waals surface area contributed by atoms with Crippen LogP contribution in [-0.4, -0.2) is 47.1 Å². The lowest BCUT2D eigenvalue weighted by Gasteiger charge is -2.34. The fourth-order valence-electron chi connectivity index (χ4n) is 2.89. The van der Waals surface area contributed by atoms with E-state index in [1.807, 2.05) is 29.2 Å². The van der Waals surface area contributed by atoms with Crippen molar-refractivity contribution in [3.05, 3.63) is 60.2 Å². The fraction of sp³-hybridized carbons (Fsp3) is 0.211. The van der Waals surface area contributed by atoms with Crippen molar-refractivity contribution in [2.45, 2.75) is 0 Å². The highest BCUT2D eigenvalue weighted by Gasteiger charge is 2.23. The number of aromatic nitrogens is 2. The number of halogens is 1. The molecule has 0 unspecified atom stereocenters. The molecule has 1 aromatic carbocycles. The van der Waals surface area contributed by atoms with E-state index in [4.69, 9.17) is 4.98 Å². The van der Waals surface area contributed by atoms with Crippen LogP contribution in [-0.2, 0) is 0 Å². The minimum atomic E-state index is -0.0817. The van der Waals surface area contributed by atoms with E-state index in [1.54, 1.807) is 29.8 Å². The molecule has 8 heteroatoms. The maximum absolute atomic E-state index is 12.4.